The largest absolute Gasteiger partial charge is 0.493 e. The van der Waals surface area contributed by atoms with Crippen LogP contribution < -0.4 is 15.8 Å². The predicted molar refractivity (Wildman–Crippen MR) is 117 cm³/mol. The van der Waals surface area contributed by atoms with Crippen LogP contribution in [0, 0.1) is 11.6 Å². The third-order valence-electron chi connectivity index (χ3n) is 4.82. The maximum absolute atomic E-state index is 14.6. The number of carbonyl (C=O) groups is 1. The van der Waals surface area contributed by atoms with Gasteiger partial charge in [0.05, 0.1) is 7.11 Å². The molecular formula is C23H18F2N4O2. The van der Waals surface area contributed by atoms with Gasteiger partial charge in [-0.2, -0.15) is 0 Å². The molecule has 0 radical (unpaired) electrons. The van der Waals surface area contributed by atoms with Crippen molar-refractivity contribution in [2.24, 2.45) is 0 Å². The summed E-state index contributed by atoms with van der Waals surface area (Å²) in [5, 5.41) is 3.23. The van der Waals surface area contributed by atoms with Gasteiger partial charge in [0.25, 0.3) is 0 Å². The number of hydrogen-bond acceptors (Lipinski definition) is 4. The summed E-state index contributed by atoms with van der Waals surface area (Å²) in [4.78, 5) is 19.0. The van der Waals surface area contributed by atoms with Gasteiger partial charge in [0, 0.05) is 57.5 Å². The van der Waals surface area contributed by atoms with E-state index in [9.17, 15) is 13.6 Å². The Hall–Kier alpha value is -4.20. The number of amides is 1. The van der Waals surface area contributed by atoms with Gasteiger partial charge in [-0.3, -0.25) is 4.79 Å². The van der Waals surface area contributed by atoms with Crippen molar-refractivity contribution < 1.29 is 18.3 Å². The highest BCUT2D eigenvalue weighted by Gasteiger charge is 2.18. The molecule has 2 aromatic carbocycles. The first kappa shape index (κ1) is 20.1. The van der Waals surface area contributed by atoms with Gasteiger partial charge in [-0.15, -0.1) is 0 Å². The van der Waals surface area contributed by atoms with Crippen LogP contribution in [0.4, 0.5) is 20.2 Å². The molecule has 0 aliphatic heterocycles. The average molecular weight is 420 g/mol. The molecule has 0 fully saturated rings. The molecule has 2 heterocycles. The molecule has 31 heavy (non-hydrogen) atoms. The first-order valence-corrected chi connectivity index (χ1v) is 9.25. The number of nitrogens with one attached hydrogen (secondary N) is 2. The fourth-order valence-electron chi connectivity index (χ4n) is 3.41. The normalized spacial score (nSPS) is 10.8. The summed E-state index contributed by atoms with van der Waals surface area (Å²) in [5.41, 5.74) is 8.77. The number of nitrogens with two attached hydrogens (primary N) is 1. The van der Waals surface area contributed by atoms with Crippen molar-refractivity contribution in [2.45, 2.75) is 0 Å². The number of anilines is 2. The third-order valence-corrected chi connectivity index (χ3v) is 4.82. The summed E-state index contributed by atoms with van der Waals surface area (Å²) in [6.45, 7) is 3.40. The summed E-state index contributed by atoms with van der Waals surface area (Å²) >= 11 is 0. The molecule has 0 bridgehead atoms. The first-order chi connectivity index (χ1) is 14.9. The molecule has 8 heteroatoms. The molecule has 2 aromatic heterocycles. The number of rotatable bonds is 5. The highest BCUT2D eigenvalue weighted by molar-refractivity contribution is 6.00. The molecule has 0 saturated carbocycles. The molecule has 0 unspecified atom stereocenters. The van der Waals surface area contributed by atoms with E-state index in [0.29, 0.717) is 33.4 Å². The van der Waals surface area contributed by atoms with Crippen molar-refractivity contribution in [3.8, 4) is 28.0 Å². The number of carbonyl (C=O) groups excluding carboxylic acids is 1. The van der Waals surface area contributed by atoms with E-state index in [1.807, 2.05) is 0 Å². The lowest BCUT2D eigenvalue weighted by atomic mass is 10.0. The minimum absolute atomic E-state index is 0.0424. The monoisotopic (exact) mass is 420 g/mol. The van der Waals surface area contributed by atoms with E-state index in [4.69, 9.17) is 10.5 Å². The molecule has 0 spiro atoms. The average Bonchev–Trinajstić information content (AvgIpc) is 3.17. The molecule has 4 aromatic rings. The summed E-state index contributed by atoms with van der Waals surface area (Å²) < 4.78 is 34.2. The van der Waals surface area contributed by atoms with Crippen LogP contribution >= 0.6 is 0 Å². The van der Waals surface area contributed by atoms with E-state index in [-0.39, 0.29) is 17.0 Å². The van der Waals surface area contributed by atoms with E-state index >= 15 is 0 Å². The van der Waals surface area contributed by atoms with Gasteiger partial charge in [-0.05, 0) is 36.4 Å². The summed E-state index contributed by atoms with van der Waals surface area (Å²) in [7, 11) is 1.37. The van der Waals surface area contributed by atoms with E-state index in [2.05, 4.69) is 21.9 Å². The van der Waals surface area contributed by atoms with Crippen molar-refractivity contribution in [1.82, 2.24) is 9.97 Å². The lowest BCUT2D eigenvalue weighted by Gasteiger charge is -2.11. The standard InChI is InChI=1S/C23H18F2N4O2/c1-3-21(30)29-14-4-5-19(24)15(9-14)12-6-17-18(11-28-23(17)27-10-12)16-7-13(26)8-20(25)22(16)31-2/h3-11H,1,26H2,2H3,(H,27,28)(H,29,30). The fourth-order valence-corrected chi connectivity index (χ4v) is 3.41. The van der Waals surface area contributed by atoms with Crippen LogP contribution in [0.2, 0.25) is 0 Å². The van der Waals surface area contributed by atoms with Gasteiger partial charge >= 0.3 is 0 Å². The second-order valence-corrected chi connectivity index (χ2v) is 6.79. The minimum atomic E-state index is -0.590. The van der Waals surface area contributed by atoms with E-state index in [1.54, 1.807) is 18.3 Å². The number of ether oxygens (including phenoxy) is 1. The number of fused-ring (bicyclic) bond motifs is 1. The van der Waals surface area contributed by atoms with Gasteiger partial charge in [-0.25, -0.2) is 13.8 Å². The van der Waals surface area contributed by atoms with E-state index in [0.717, 1.165) is 6.08 Å². The molecule has 0 aliphatic carbocycles. The molecule has 156 valence electrons. The third kappa shape index (κ3) is 3.71. The van der Waals surface area contributed by atoms with Gasteiger partial charge in [0.15, 0.2) is 11.6 Å². The smallest absolute Gasteiger partial charge is 0.247 e. The number of halogens is 2. The summed E-state index contributed by atoms with van der Waals surface area (Å²) in [5.74, 6) is -1.44. The van der Waals surface area contributed by atoms with Crippen molar-refractivity contribution in [2.75, 3.05) is 18.2 Å². The van der Waals surface area contributed by atoms with Crippen molar-refractivity contribution >= 4 is 28.3 Å². The number of benzene rings is 2. The zero-order valence-electron chi connectivity index (χ0n) is 16.5. The zero-order chi connectivity index (χ0) is 22.1. The Morgan fingerprint density at radius 3 is 2.71 bits per heavy atom. The predicted octanol–water partition coefficient (Wildman–Crippen LogP) is 4.89. The highest BCUT2D eigenvalue weighted by atomic mass is 19.1. The van der Waals surface area contributed by atoms with Gasteiger partial charge in [0.1, 0.15) is 11.5 Å². The van der Waals surface area contributed by atoms with Crippen molar-refractivity contribution in [1.29, 1.82) is 0 Å². The van der Waals surface area contributed by atoms with Crippen molar-refractivity contribution in [3.63, 3.8) is 0 Å². The molecule has 0 aliphatic rings. The SMILES string of the molecule is C=CC(=O)Nc1ccc(F)c(-c2cnc3[nH]cc(-c4cc(N)cc(F)c4OC)c3c2)c1. The number of methoxy groups -OCH3 is 1. The van der Waals surface area contributed by atoms with Gasteiger partial charge in [0.2, 0.25) is 5.91 Å². The van der Waals surface area contributed by atoms with E-state index < -0.39 is 17.5 Å². The molecule has 6 nitrogen and oxygen atoms in total. The van der Waals surface area contributed by atoms with Crippen molar-refractivity contribution in [3.05, 3.63) is 73.1 Å². The van der Waals surface area contributed by atoms with E-state index in [1.165, 1.54) is 37.6 Å². The van der Waals surface area contributed by atoms with Crippen LogP contribution in [0.15, 0.2) is 61.4 Å². The Bertz CT molecular complexity index is 1330. The maximum Gasteiger partial charge on any atom is 0.247 e. The zero-order valence-corrected chi connectivity index (χ0v) is 16.5. The maximum atomic E-state index is 14.6. The fraction of sp³-hybridized carbons (Fsp3) is 0.0435. The Morgan fingerprint density at radius 2 is 1.97 bits per heavy atom. The number of pyridine rings is 1. The number of H-pyrrole nitrogens is 1. The van der Waals surface area contributed by atoms with Crippen LogP contribution in [0.5, 0.6) is 5.75 Å². The molecule has 0 atom stereocenters. The number of aromatic nitrogens is 2. The van der Waals surface area contributed by atoms with Crippen LogP contribution in [0.1, 0.15) is 0 Å². The summed E-state index contributed by atoms with van der Waals surface area (Å²) in [6.07, 6.45) is 4.30. The number of hydrogen-bond donors (Lipinski definition) is 3. The second-order valence-electron chi connectivity index (χ2n) is 6.79. The second kappa shape index (κ2) is 7.91. The molecule has 0 saturated heterocycles. The molecule has 4 N–H and O–H groups in total. The highest BCUT2D eigenvalue weighted by Crippen LogP contribution is 2.39. The van der Waals surface area contributed by atoms with Gasteiger partial charge < -0.3 is 20.8 Å². The lowest BCUT2D eigenvalue weighted by molar-refractivity contribution is -0.111. The summed E-state index contributed by atoms with van der Waals surface area (Å²) in [6, 6.07) is 8.72. The van der Waals surface area contributed by atoms with Crippen LogP contribution in [0.25, 0.3) is 33.3 Å². The number of nitrogen functional groups attached to an aromatic ring is 1. The number of nitrogens with zero attached hydrogens (tertiary/aromatic N) is 1. The molecule has 1 amide bonds. The Labute approximate surface area is 176 Å². The minimum Gasteiger partial charge on any atom is -0.493 e. The topological polar surface area (TPSA) is 93.0 Å². The quantitative estimate of drug-likeness (QED) is 0.317. The lowest BCUT2D eigenvalue weighted by Crippen LogP contribution is -2.07. The van der Waals surface area contributed by atoms with Gasteiger partial charge in [-0.1, -0.05) is 6.58 Å². The number of aromatic amines is 1. The Morgan fingerprint density at radius 1 is 1.16 bits per heavy atom. The molecular weight excluding hydrogens is 402 g/mol. The van der Waals surface area contributed by atoms with Crippen LogP contribution in [-0.4, -0.2) is 23.0 Å². The molecule has 4 rings (SSSR count). The Kier molecular flexibility index (Phi) is 5.12. The van der Waals surface area contributed by atoms with Crippen LogP contribution in [-0.2, 0) is 4.79 Å². The van der Waals surface area contributed by atoms with Crippen LogP contribution in [0.3, 0.4) is 0 Å². The Balaban J connectivity index is 1.87. The first-order valence-electron chi connectivity index (χ1n) is 9.25.